The van der Waals surface area contributed by atoms with Crippen molar-refractivity contribution in [2.24, 2.45) is 11.8 Å². The van der Waals surface area contributed by atoms with Gasteiger partial charge in [0.25, 0.3) is 0 Å². The SMILES string of the molecule is CC(C)CCn1ccc(NC(=O)N(C)CC2CCCC2O)n1. The maximum absolute atomic E-state index is 12.2. The zero-order valence-electron chi connectivity index (χ0n) is 13.8. The summed E-state index contributed by atoms with van der Waals surface area (Å²) in [5.74, 6) is 1.40. The van der Waals surface area contributed by atoms with Crippen molar-refractivity contribution in [3.05, 3.63) is 12.3 Å². The van der Waals surface area contributed by atoms with Crippen LogP contribution in [0.5, 0.6) is 0 Å². The highest BCUT2D eigenvalue weighted by molar-refractivity contribution is 5.88. The van der Waals surface area contributed by atoms with E-state index in [1.54, 1.807) is 11.9 Å². The van der Waals surface area contributed by atoms with E-state index in [9.17, 15) is 9.90 Å². The smallest absolute Gasteiger partial charge is 0.322 e. The molecular weight excluding hydrogens is 280 g/mol. The number of carbonyl (C=O) groups excluding carboxylic acids is 1. The number of nitrogens with zero attached hydrogens (tertiary/aromatic N) is 3. The molecule has 0 bridgehead atoms. The number of urea groups is 1. The van der Waals surface area contributed by atoms with Gasteiger partial charge in [-0.1, -0.05) is 20.3 Å². The topological polar surface area (TPSA) is 70.4 Å². The van der Waals surface area contributed by atoms with Crippen LogP contribution in [-0.4, -0.2) is 45.5 Å². The molecule has 1 heterocycles. The van der Waals surface area contributed by atoms with E-state index in [1.165, 1.54) is 0 Å². The number of aromatic nitrogens is 2. The third-order valence-electron chi connectivity index (χ3n) is 4.29. The fraction of sp³-hybridized carbons (Fsp3) is 0.750. The molecule has 124 valence electrons. The molecule has 1 aromatic heterocycles. The number of carbonyl (C=O) groups is 1. The summed E-state index contributed by atoms with van der Waals surface area (Å²) in [7, 11) is 1.76. The van der Waals surface area contributed by atoms with Crippen molar-refractivity contribution in [1.29, 1.82) is 0 Å². The Balaban J connectivity index is 1.80. The first-order valence-corrected chi connectivity index (χ1v) is 8.19. The summed E-state index contributed by atoms with van der Waals surface area (Å²) < 4.78 is 1.86. The van der Waals surface area contributed by atoms with Crippen LogP contribution in [0, 0.1) is 11.8 Å². The second-order valence-corrected chi connectivity index (χ2v) is 6.72. The lowest BCUT2D eigenvalue weighted by molar-refractivity contribution is 0.116. The number of rotatable bonds is 6. The summed E-state index contributed by atoms with van der Waals surface area (Å²) in [6.07, 6.45) is 5.56. The highest BCUT2D eigenvalue weighted by Gasteiger charge is 2.27. The summed E-state index contributed by atoms with van der Waals surface area (Å²) in [5, 5.41) is 17.0. The van der Waals surface area contributed by atoms with E-state index >= 15 is 0 Å². The summed E-state index contributed by atoms with van der Waals surface area (Å²) in [5.41, 5.74) is 0. The van der Waals surface area contributed by atoms with Crippen molar-refractivity contribution in [1.82, 2.24) is 14.7 Å². The number of hydrogen-bond acceptors (Lipinski definition) is 3. The van der Waals surface area contributed by atoms with E-state index in [0.717, 1.165) is 32.2 Å². The molecule has 2 unspecified atom stereocenters. The first kappa shape index (κ1) is 16.8. The van der Waals surface area contributed by atoms with E-state index in [1.807, 2.05) is 16.9 Å². The first-order chi connectivity index (χ1) is 10.5. The predicted octanol–water partition coefficient (Wildman–Crippen LogP) is 2.55. The van der Waals surface area contributed by atoms with E-state index < -0.39 is 0 Å². The Labute approximate surface area is 132 Å². The minimum Gasteiger partial charge on any atom is -0.393 e. The molecular formula is C16H28N4O2. The van der Waals surface area contributed by atoms with Crippen LogP contribution < -0.4 is 5.32 Å². The summed E-state index contributed by atoms with van der Waals surface area (Å²) in [6.45, 7) is 5.80. The van der Waals surface area contributed by atoms with E-state index in [4.69, 9.17) is 0 Å². The largest absolute Gasteiger partial charge is 0.393 e. The minimum atomic E-state index is -0.273. The van der Waals surface area contributed by atoms with Gasteiger partial charge in [0.2, 0.25) is 0 Å². The van der Waals surface area contributed by atoms with Crippen LogP contribution in [0.25, 0.3) is 0 Å². The average Bonchev–Trinajstić information content (AvgIpc) is 3.06. The molecule has 1 aromatic rings. The van der Waals surface area contributed by atoms with Crippen molar-refractivity contribution in [2.45, 2.75) is 52.2 Å². The summed E-state index contributed by atoms with van der Waals surface area (Å²) in [6, 6.07) is 1.64. The van der Waals surface area contributed by atoms with Gasteiger partial charge in [0.15, 0.2) is 5.82 Å². The quantitative estimate of drug-likeness (QED) is 0.848. The van der Waals surface area contributed by atoms with Crippen LogP contribution in [-0.2, 0) is 6.54 Å². The maximum Gasteiger partial charge on any atom is 0.322 e. The molecule has 1 saturated carbocycles. The Morgan fingerprint density at radius 3 is 2.95 bits per heavy atom. The number of amides is 2. The number of aryl methyl sites for hydroxylation is 1. The molecule has 0 spiro atoms. The molecule has 6 heteroatoms. The number of aliphatic hydroxyl groups is 1. The number of anilines is 1. The minimum absolute atomic E-state index is 0.173. The van der Waals surface area contributed by atoms with Gasteiger partial charge in [-0.15, -0.1) is 0 Å². The second-order valence-electron chi connectivity index (χ2n) is 6.72. The Hall–Kier alpha value is -1.56. The van der Waals surface area contributed by atoms with Crippen LogP contribution in [0.15, 0.2) is 12.3 Å². The Morgan fingerprint density at radius 1 is 1.55 bits per heavy atom. The lowest BCUT2D eigenvalue weighted by Crippen LogP contribution is -2.37. The lowest BCUT2D eigenvalue weighted by Gasteiger charge is -2.23. The molecule has 0 aliphatic heterocycles. The van der Waals surface area contributed by atoms with Crippen LogP contribution in [0.3, 0.4) is 0 Å². The van der Waals surface area contributed by atoms with Crippen molar-refractivity contribution in [2.75, 3.05) is 18.9 Å². The van der Waals surface area contributed by atoms with Crippen molar-refractivity contribution in [3.8, 4) is 0 Å². The molecule has 2 amide bonds. The van der Waals surface area contributed by atoms with Gasteiger partial charge in [-0.3, -0.25) is 10.00 Å². The number of nitrogens with one attached hydrogen (secondary N) is 1. The summed E-state index contributed by atoms with van der Waals surface area (Å²) in [4.78, 5) is 13.8. The highest BCUT2D eigenvalue weighted by atomic mass is 16.3. The molecule has 1 aliphatic rings. The van der Waals surface area contributed by atoms with Gasteiger partial charge < -0.3 is 10.0 Å². The highest BCUT2D eigenvalue weighted by Crippen LogP contribution is 2.26. The first-order valence-electron chi connectivity index (χ1n) is 8.19. The number of aliphatic hydroxyl groups excluding tert-OH is 1. The molecule has 2 N–H and O–H groups in total. The summed E-state index contributed by atoms with van der Waals surface area (Å²) >= 11 is 0. The molecule has 1 aliphatic carbocycles. The van der Waals surface area contributed by atoms with Crippen LogP contribution in [0.4, 0.5) is 10.6 Å². The van der Waals surface area contributed by atoms with Crippen LogP contribution >= 0.6 is 0 Å². The molecule has 22 heavy (non-hydrogen) atoms. The predicted molar refractivity (Wildman–Crippen MR) is 86.7 cm³/mol. The van der Waals surface area contributed by atoms with Gasteiger partial charge >= 0.3 is 6.03 Å². The molecule has 0 aromatic carbocycles. The molecule has 0 saturated heterocycles. The van der Waals surface area contributed by atoms with E-state index in [2.05, 4.69) is 24.3 Å². The van der Waals surface area contributed by atoms with Crippen LogP contribution in [0.1, 0.15) is 39.5 Å². The Bertz CT molecular complexity index is 486. The van der Waals surface area contributed by atoms with Crippen LogP contribution in [0.2, 0.25) is 0 Å². The number of hydrogen-bond donors (Lipinski definition) is 2. The normalized spacial score (nSPS) is 21.3. The average molecular weight is 308 g/mol. The van der Waals surface area contributed by atoms with Gasteiger partial charge in [0, 0.05) is 38.3 Å². The standard InChI is InChI=1S/C16H28N4O2/c1-12(2)7-9-20-10-8-15(18-20)17-16(22)19(3)11-13-5-4-6-14(13)21/h8,10,12-14,21H,4-7,9,11H2,1-3H3,(H,17,18,22). The van der Waals surface area contributed by atoms with Crippen molar-refractivity contribution in [3.63, 3.8) is 0 Å². The zero-order chi connectivity index (χ0) is 16.1. The van der Waals surface area contributed by atoms with Gasteiger partial charge in [-0.05, 0) is 25.2 Å². The van der Waals surface area contributed by atoms with Gasteiger partial charge in [0.1, 0.15) is 0 Å². The van der Waals surface area contributed by atoms with Gasteiger partial charge in [-0.2, -0.15) is 5.10 Å². The van der Waals surface area contributed by atoms with Gasteiger partial charge in [-0.25, -0.2) is 4.79 Å². The second kappa shape index (κ2) is 7.63. The molecule has 1 fully saturated rings. The van der Waals surface area contributed by atoms with Crippen molar-refractivity contribution < 1.29 is 9.90 Å². The van der Waals surface area contributed by atoms with E-state index in [-0.39, 0.29) is 18.1 Å². The molecule has 2 atom stereocenters. The van der Waals surface area contributed by atoms with E-state index in [0.29, 0.717) is 18.3 Å². The van der Waals surface area contributed by atoms with Gasteiger partial charge in [0.05, 0.1) is 6.10 Å². The Kier molecular flexibility index (Phi) is 5.83. The third-order valence-corrected chi connectivity index (χ3v) is 4.29. The Morgan fingerprint density at radius 2 is 2.32 bits per heavy atom. The maximum atomic E-state index is 12.2. The zero-order valence-corrected chi connectivity index (χ0v) is 13.8. The molecule has 2 rings (SSSR count). The van der Waals surface area contributed by atoms with Crippen molar-refractivity contribution >= 4 is 11.8 Å². The molecule has 6 nitrogen and oxygen atoms in total. The third kappa shape index (κ3) is 4.73. The fourth-order valence-electron chi connectivity index (χ4n) is 2.81. The fourth-order valence-corrected chi connectivity index (χ4v) is 2.81. The molecule has 0 radical (unpaired) electrons. The monoisotopic (exact) mass is 308 g/mol. The lowest BCUT2D eigenvalue weighted by atomic mass is 10.1.